The van der Waals surface area contributed by atoms with Crippen molar-refractivity contribution in [2.75, 3.05) is 17.7 Å². The van der Waals surface area contributed by atoms with Crippen LogP contribution in [0.1, 0.15) is 16.8 Å². The SMILES string of the molecule is Cc1ccc(CN(C)c2cc(C(F)(F)F)nc(N)n2)cc1. The Morgan fingerprint density at radius 1 is 1.14 bits per heavy atom. The van der Waals surface area contributed by atoms with E-state index in [1.165, 1.54) is 0 Å². The van der Waals surface area contributed by atoms with Crippen LogP contribution in [-0.4, -0.2) is 17.0 Å². The Kier molecular flexibility index (Phi) is 4.02. The second-order valence-electron chi connectivity index (χ2n) is 4.81. The van der Waals surface area contributed by atoms with Crippen LogP contribution >= 0.6 is 0 Å². The number of alkyl halides is 3. The Labute approximate surface area is 120 Å². The predicted octanol–water partition coefficient (Wildman–Crippen LogP) is 3.02. The molecule has 1 aromatic heterocycles. The molecule has 1 aromatic carbocycles. The van der Waals surface area contributed by atoms with Crippen molar-refractivity contribution in [3.63, 3.8) is 0 Å². The Morgan fingerprint density at radius 2 is 1.76 bits per heavy atom. The van der Waals surface area contributed by atoms with Crippen LogP contribution in [0.25, 0.3) is 0 Å². The molecule has 7 heteroatoms. The normalized spacial score (nSPS) is 11.5. The monoisotopic (exact) mass is 296 g/mol. The van der Waals surface area contributed by atoms with Gasteiger partial charge in [-0.1, -0.05) is 29.8 Å². The predicted molar refractivity (Wildman–Crippen MR) is 74.7 cm³/mol. The molecule has 0 saturated heterocycles. The van der Waals surface area contributed by atoms with E-state index < -0.39 is 17.8 Å². The summed E-state index contributed by atoms with van der Waals surface area (Å²) in [5, 5.41) is 0. The van der Waals surface area contributed by atoms with Gasteiger partial charge in [-0.3, -0.25) is 0 Å². The van der Waals surface area contributed by atoms with Crippen molar-refractivity contribution in [1.29, 1.82) is 0 Å². The highest BCUT2D eigenvalue weighted by atomic mass is 19.4. The lowest BCUT2D eigenvalue weighted by molar-refractivity contribution is -0.141. The number of benzene rings is 1. The molecule has 0 spiro atoms. The molecule has 2 aromatic rings. The Morgan fingerprint density at radius 3 is 2.33 bits per heavy atom. The molecular formula is C14H15F3N4. The van der Waals surface area contributed by atoms with Crippen LogP contribution in [0.15, 0.2) is 30.3 Å². The minimum absolute atomic E-state index is 0.135. The fourth-order valence-corrected chi connectivity index (χ4v) is 1.84. The molecule has 0 saturated carbocycles. The van der Waals surface area contributed by atoms with E-state index in [1.807, 2.05) is 31.2 Å². The van der Waals surface area contributed by atoms with Gasteiger partial charge in [-0.25, -0.2) is 4.98 Å². The molecular weight excluding hydrogens is 281 g/mol. The number of nitrogens with two attached hydrogens (primary N) is 1. The third kappa shape index (κ3) is 3.84. The van der Waals surface area contributed by atoms with E-state index in [-0.39, 0.29) is 5.82 Å². The average Bonchev–Trinajstić information content (AvgIpc) is 2.39. The van der Waals surface area contributed by atoms with E-state index in [0.29, 0.717) is 6.54 Å². The van der Waals surface area contributed by atoms with Gasteiger partial charge >= 0.3 is 6.18 Å². The number of hydrogen-bond donors (Lipinski definition) is 1. The fraction of sp³-hybridized carbons (Fsp3) is 0.286. The van der Waals surface area contributed by atoms with E-state index in [0.717, 1.165) is 17.2 Å². The number of halogens is 3. The highest BCUT2D eigenvalue weighted by Crippen LogP contribution is 2.30. The Balaban J connectivity index is 2.24. The highest BCUT2D eigenvalue weighted by Gasteiger charge is 2.33. The summed E-state index contributed by atoms with van der Waals surface area (Å²) in [6, 6.07) is 8.62. The van der Waals surface area contributed by atoms with Crippen molar-refractivity contribution in [3.05, 3.63) is 47.2 Å². The topological polar surface area (TPSA) is 55.0 Å². The Bertz CT molecular complexity index is 623. The molecule has 112 valence electrons. The van der Waals surface area contributed by atoms with Crippen LogP contribution in [0.3, 0.4) is 0 Å². The van der Waals surface area contributed by atoms with Crippen LogP contribution in [-0.2, 0) is 12.7 Å². The van der Waals surface area contributed by atoms with Gasteiger partial charge in [0.25, 0.3) is 0 Å². The van der Waals surface area contributed by atoms with Crippen LogP contribution < -0.4 is 10.6 Å². The first-order valence-electron chi connectivity index (χ1n) is 6.24. The van der Waals surface area contributed by atoms with Gasteiger partial charge in [0.2, 0.25) is 5.95 Å². The molecule has 0 fully saturated rings. The number of nitrogens with zero attached hydrogens (tertiary/aromatic N) is 3. The molecule has 0 aliphatic heterocycles. The van der Waals surface area contributed by atoms with Gasteiger partial charge in [-0.05, 0) is 12.5 Å². The highest BCUT2D eigenvalue weighted by molar-refractivity contribution is 5.44. The number of hydrogen-bond acceptors (Lipinski definition) is 4. The summed E-state index contributed by atoms with van der Waals surface area (Å²) >= 11 is 0. The first-order chi connectivity index (χ1) is 9.75. The van der Waals surface area contributed by atoms with E-state index in [1.54, 1.807) is 11.9 Å². The largest absolute Gasteiger partial charge is 0.433 e. The fourth-order valence-electron chi connectivity index (χ4n) is 1.84. The molecule has 0 unspecified atom stereocenters. The van der Waals surface area contributed by atoms with E-state index >= 15 is 0 Å². The summed E-state index contributed by atoms with van der Waals surface area (Å²) in [4.78, 5) is 8.67. The average molecular weight is 296 g/mol. The van der Waals surface area contributed by atoms with Crippen LogP contribution in [0.5, 0.6) is 0 Å². The molecule has 4 nitrogen and oxygen atoms in total. The van der Waals surface area contributed by atoms with E-state index in [9.17, 15) is 13.2 Å². The summed E-state index contributed by atoms with van der Waals surface area (Å²) in [5.74, 6) is -0.258. The first-order valence-corrected chi connectivity index (χ1v) is 6.24. The lowest BCUT2D eigenvalue weighted by atomic mass is 10.1. The molecule has 21 heavy (non-hydrogen) atoms. The van der Waals surface area contributed by atoms with Crippen LogP contribution in [0, 0.1) is 6.92 Å². The lowest BCUT2D eigenvalue weighted by Crippen LogP contribution is -2.20. The minimum atomic E-state index is -4.55. The Hall–Kier alpha value is -2.31. The standard InChI is InChI=1S/C14H15F3N4/c1-9-3-5-10(6-4-9)8-21(2)12-7-11(14(15,16)17)19-13(18)20-12/h3-7H,8H2,1-2H3,(H2,18,19,20). The summed E-state index contributed by atoms with van der Waals surface area (Å²) < 4.78 is 38.2. The third-order valence-electron chi connectivity index (χ3n) is 2.95. The zero-order valence-corrected chi connectivity index (χ0v) is 11.6. The van der Waals surface area contributed by atoms with Crippen molar-refractivity contribution in [3.8, 4) is 0 Å². The third-order valence-corrected chi connectivity index (χ3v) is 2.95. The van der Waals surface area contributed by atoms with Crippen molar-refractivity contribution in [2.45, 2.75) is 19.6 Å². The van der Waals surface area contributed by atoms with E-state index in [2.05, 4.69) is 9.97 Å². The van der Waals surface area contributed by atoms with Crippen molar-refractivity contribution >= 4 is 11.8 Å². The van der Waals surface area contributed by atoms with Gasteiger partial charge in [0.15, 0.2) is 5.69 Å². The number of nitrogen functional groups attached to an aromatic ring is 1. The smallest absolute Gasteiger partial charge is 0.368 e. The second-order valence-corrected chi connectivity index (χ2v) is 4.81. The van der Waals surface area contributed by atoms with Gasteiger partial charge < -0.3 is 10.6 Å². The lowest BCUT2D eigenvalue weighted by Gasteiger charge is -2.19. The van der Waals surface area contributed by atoms with E-state index in [4.69, 9.17) is 5.73 Å². The maximum Gasteiger partial charge on any atom is 0.433 e. The number of aryl methyl sites for hydroxylation is 1. The maximum atomic E-state index is 12.7. The quantitative estimate of drug-likeness (QED) is 0.946. The number of anilines is 2. The van der Waals surface area contributed by atoms with Gasteiger partial charge in [0.05, 0.1) is 0 Å². The first kappa shape index (κ1) is 15.1. The van der Waals surface area contributed by atoms with Gasteiger partial charge in [0.1, 0.15) is 5.82 Å². The summed E-state index contributed by atoms with van der Waals surface area (Å²) in [6.07, 6.45) is -4.55. The molecule has 2 N–H and O–H groups in total. The molecule has 0 aliphatic rings. The molecule has 0 radical (unpaired) electrons. The minimum Gasteiger partial charge on any atom is -0.368 e. The molecule has 0 atom stereocenters. The molecule has 0 aliphatic carbocycles. The van der Waals surface area contributed by atoms with Crippen LogP contribution in [0.4, 0.5) is 24.9 Å². The molecule has 2 rings (SSSR count). The molecule has 0 amide bonds. The van der Waals surface area contributed by atoms with Crippen molar-refractivity contribution < 1.29 is 13.2 Å². The molecule has 0 bridgehead atoms. The van der Waals surface area contributed by atoms with Gasteiger partial charge in [0, 0.05) is 19.7 Å². The summed E-state index contributed by atoms with van der Waals surface area (Å²) in [7, 11) is 1.65. The zero-order valence-electron chi connectivity index (χ0n) is 11.6. The van der Waals surface area contributed by atoms with Crippen molar-refractivity contribution in [2.24, 2.45) is 0 Å². The van der Waals surface area contributed by atoms with Gasteiger partial charge in [-0.2, -0.15) is 18.2 Å². The second kappa shape index (κ2) is 5.59. The summed E-state index contributed by atoms with van der Waals surface area (Å²) in [5.41, 5.74) is 6.40. The van der Waals surface area contributed by atoms with Crippen LogP contribution in [0.2, 0.25) is 0 Å². The summed E-state index contributed by atoms with van der Waals surface area (Å²) in [6.45, 7) is 2.39. The van der Waals surface area contributed by atoms with Crippen molar-refractivity contribution in [1.82, 2.24) is 9.97 Å². The molecule has 1 heterocycles. The number of aromatic nitrogens is 2. The zero-order chi connectivity index (χ0) is 15.6. The van der Waals surface area contributed by atoms with Gasteiger partial charge in [-0.15, -0.1) is 0 Å². The maximum absolute atomic E-state index is 12.7. The number of rotatable bonds is 3.